The maximum absolute atomic E-state index is 13.5. The topological polar surface area (TPSA) is 84.5 Å². The number of carbonyl (C=O) groups is 3. The quantitative estimate of drug-likeness (QED) is 0.701. The highest BCUT2D eigenvalue weighted by Gasteiger charge is 2.21. The van der Waals surface area contributed by atoms with Gasteiger partial charge >= 0.3 is 5.97 Å². The molecule has 25 heavy (non-hydrogen) atoms. The Balaban J connectivity index is 2.44. The summed E-state index contributed by atoms with van der Waals surface area (Å²) in [5.74, 6) is -3.52. The first-order chi connectivity index (χ1) is 11.7. The molecule has 138 valence electrons. The van der Waals surface area contributed by atoms with E-state index in [-0.39, 0.29) is 18.9 Å². The normalized spacial score (nSPS) is 11.8. The van der Waals surface area contributed by atoms with Crippen molar-refractivity contribution < 1.29 is 27.9 Å². The van der Waals surface area contributed by atoms with Crippen LogP contribution in [0.3, 0.4) is 0 Å². The lowest BCUT2D eigenvalue weighted by Gasteiger charge is -2.14. The number of hydrogen-bond acceptors (Lipinski definition) is 4. The Morgan fingerprint density at radius 3 is 2.28 bits per heavy atom. The third-order valence-electron chi connectivity index (χ3n) is 3.27. The van der Waals surface area contributed by atoms with Gasteiger partial charge in [-0.1, -0.05) is 19.9 Å². The number of carbonyl (C=O) groups excluding carboxylic acids is 3. The van der Waals surface area contributed by atoms with E-state index in [1.54, 1.807) is 0 Å². The lowest BCUT2D eigenvalue weighted by molar-refractivity contribution is -0.152. The highest BCUT2D eigenvalue weighted by atomic mass is 19.1. The van der Waals surface area contributed by atoms with Crippen LogP contribution in [-0.2, 0) is 19.1 Å². The molecule has 0 aliphatic heterocycles. The summed E-state index contributed by atoms with van der Waals surface area (Å²) < 4.78 is 31.8. The van der Waals surface area contributed by atoms with Gasteiger partial charge in [0.15, 0.2) is 6.10 Å². The zero-order valence-corrected chi connectivity index (χ0v) is 14.4. The fraction of sp³-hybridized carbons (Fsp3) is 0.471. The van der Waals surface area contributed by atoms with Crippen LogP contribution in [0.15, 0.2) is 18.2 Å². The third kappa shape index (κ3) is 7.28. The van der Waals surface area contributed by atoms with Crippen molar-refractivity contribution in [1.82, 2.24) is 5.32 Å². The number of benzene rings is 1. The third-order valence-corrected chi connectivity index (χ3v) is 3.27. The molecule has 2 amide bonds. The molecule has 0 aromatic heterocycles. The summed E-state index contributed by atoms with van der Waals surface area (Å²) in [6.45, 7) is 4.82. The fourth-order valence-corrected chi connectivity index (χ4v) is 1.81. The minimum absolute atomic E-state index is 0.285. The molecule has 0 spiro atoms. The van der Waals surface area contributed by atoms with Crippen LogP contribution in [0.1, 0.15) is 33.6 Å². The second-order valence-electron chi connectivity index (χ2n) is 5.93. The summed E-state index contributed by atoms with van der Waals surface area (Å²) >= 11 is 0. The van der Waals surface area contributed by atoms with Gasteiger partial charge in [-0.2, -0.15) is 0 Å². The molecular weight excluding hydrogens is 334 g/mol. The molecule has 1 rings (SSSR count). The molecule has 0 saturated carbocycles. The predicted octanol–water partition coefficient (Wildman–Crippen LogP) is 2.39. The SMILES string of the molecule is CC(C)CCC(=O)NCC(=O)OC(C)C(=O)Nc1c(F)cccc1F. The average molecular weight is 356 g/mol. The summed E-state index contributed by atoms with van der Waals surface area (Å²) in [5.41, 5.74) is -0.614. The van der Waals surface area contributed by atoms with E-state index in [0.29, 0.717) is 12.3 Å². The van der Waals surface area contributed by atoms with E-state index >= 15 is 0 Å². The maximum atomic E-state index is 13.5. The standard InChI is InChI=1S/C17H22F2N2O4/c1-10(2)7-8-14(22)20-9-15(23)25-11(3)17(24)21-16-12(18)5-4-6-13(16)19/h4-6,10-11H,7-9H2,1-3H3,(H,20,22)(H,21,24). The summed E-state index contributed by atoms with van der Waals surface area (Å²) in [4.78, 5) is 35.0. The van der Waals surface area contributed by atoms with Gasteiger partial charge < -0.3 is 15.4 Å². The molecular formula is C17H22F2N2O4. The van der Waals surface area contributed by atoms with Crippen molar-refractivity contribution in [3.8, 4) is 0 Å². The van der Waals surface area contributed by atoms with Crippen molar-refractivity contribution in [3.05, 3.63) is 29.8 Å². The van der Waals surface area contributed by atoms with Gasteiger partial charge in [-0.25, -0.2) is 8.78 Å². The number of anilines is 1. The Morgan fingerprint density at radius 2 is 1.72 bits per heavy atom. The minimum atomic E-state index is -1.28. The maximum Gasteiger partial charge on any atom is 0.326 e. The van der Waals surface area contributed by atoms with Crippen LogP contribution in [0.2, 0.25) is 0 Å². The van der Waals surface area contributed by atoms with E-state index in [1.807, 2.05) is 19.2 Å². The van der Waals surface area contributed by atoms with Crippen LogP contribution < -0.4 is 10.6 Å². The second kappa shape index (κ2) is 9.71. The first-order valence-electron chi connectivity index (χ1n) is 7.91. The first kappa shape index (κ1) is 20.5. The molecule has 0 heterocycles. The number of ether oxygens (including phenoxy) is 1. The summed E-state index contributed by atoms with van der Waals surface area (Å²) in [5, 5.41) is 4.41. The smallest absolute Gasteiger partial charge is 0.326 e. The van der Waals surface area contributed by atoms with Crippen molar-refractivity contribution >= 4 is 23.5 Å². The number of rotatable bonds is 8. The number of halogens is 2. The largest absolute Gasteiger partial charge is 0.451 e. The van der Waals surface area contributed by atoms with Crippen LogP contribution in [0, 0.1) is 17.6 Å². The van der Waals surface area contributed by atoms with Gasteiger partial charge in [0.2, 0.25) is 5.91 Å². The molecule has 0 fully saturated rings. The molecule has 1 atom stereocenters. The Kier molecular flexibility index (Phi) is 7.97. The summed E-state index contributed by atoms with van der Waals surface area (Å²) in [7, 11) is 0. The number of hydrogen-bond donors (Lipinski definition) is 2. The van der Waals surface area contributed by atoms with E-state index in [2.05, 4.69) is 5.32 Å². The van der Waals surface area contributed by atoms with E-state index in [0.717, 1.165) is 18.2 Å². The molecule has 1 aromatic rings. The number of amides is 2. The van der Waals surface area contributed by atoms with Crippen LogP contribution in [0.5, 0.6) is 0 Å². The van der Waals surface area contributed by atoms with E-state index < -0.39 is 35.3 Å². The summed E-state index contributed by atoms with van der Waals surface area (Å²) in [6.07, 6.45) is -0.305. The molecule has 0 bridgehead atoms. The molecule has 2 N–H and O–H groups in total. The van der Waals surface area contributed by atoms with Crippen LogP contribution in [-0.4, -0.2) is 30.4 Å². The zero-order valence-electron chi connectivity index (χ0n) is 14.4. The lowest BCUT2D eigenvalue weighted by atomic mass is 10.1. The minimum Gasteiger partial charge on any atom is -0.451 e. The Bertz CT molecular complexity index is 615. The Labute approximate surface area is 144 Å². The fourth-order valence-electron chi connectivity index (χ4n) is 1.81. The second-order valence-corrected chi connectivity index (χ2v) is 5.93. The molecule has 6 nitrogen and oxygen atoms in total. The van der Waals surface area contributed by atoms with Gasteiger partial charge in [-0.15, -0.1) is 0 Å². The lowest BCUT2D eigenvalue weighted by Crippen LogP contribution is -2.36. The Hall–Kier alpha value is -2.51. The molecule has 8 heteroatoms. The van der Waals surface area contributed by atoms with Crippen molar-refractivity contribution in [2.24, 2.45) is 5.92 Å². The van der Waals surface area contributed by atoms with E-state index in [1.165, 1.54) is 6.92 Å². The van der Waals surface area contributed by atoms with E-state index in [9.17, 15) is 23.2 Å². The summed E-state index contributed by atoms with van der Waals surface area (Å²) in [6, 6.07) is 3.13. The first-order valence-corrected chi connectivity index (χ1v) is 7.91. The molecule has 1 aromatic carbocycles. The number of esters is 1. The van der Waals surface area contributed by atoms with Crippen molar-refractivity contribution in [3.63, 3.8) is 0 Å². The highest BCUT2D eigenvalue weighted by Crippen LogP contribution is 2.18. The van der Waals surface area contributed by atoms with Crippen molar-refractivity contribution in [1.29, 1.82) is 0 Å². The van der Waals surface area contributed by atoms with Gasteiger partial charge in [-0.05, 0) is 31.4 Å². The monoisotopic (exact) mass is 356 g/mol. The Morgan fingerprint density at radius 1 is 1.12 bits per heavy atom. The van der Waals surface area contributed by atoms with E-state index in [4.69, 9.17) is 4.74 Å². The van der Waals surface area contributed by atoms with Gasteiger partial charge in [0.25, 0.3) is 5.91 Å². The molecule has 0 saturated heterocycles. The molecule has 1 unspecified atom stereocenters. The number of nitrogens with one attached hydrogen (secondary N) is 2. The average Bonchev–Trinajstić information content (AvgIpc) is 2.54. The molecule has 0 aliphatic rings. The van der Waals surface area contributed by atoms with Gasteiger partial charge in [0, 0.05) is 6.42 Å². The molecule has 0 aliphatic carbocycles. The molecule has 0 radical (unpaired) electrons. The van der Waals surface area contributed by atoms with Gasteiger partial charge in [0.1, 0.15) is 23.9 Å². The zero-order chi connectivity index (χ0) is 19.0. The highest BCUT2D eigenvalue weighted by molar-refractivity contribution is 5.95. The number of para-hydroxylation sites is 1. The van der Waals surface area contributed by atoms with Crippen molar-refractivity contribution in [2.75, 3.05) is 11.9 Å². The van der Waals surface area contributed by atoms with Crippen LogP contribution >= 0.6 is 0 Å². The van der Waals surface area contributed by atoms with Gasteiger partial charge in [-0.3, -0.25) is 14.4 Å². The van der Waals surface area contributed by atoms with Gasteiger partial charge in [0.05, 0.1) is 0 Å². The van der Waals surface area contributed by atoms with Crippen LogP contribution in [0.25, 0.3) is 0 Å². The van der Waals surface area contributed by atoms with Crippen molar-refractivity contribution in [2.45, 2.75) is 39.7 Å². The van der Waals surface area contributed by atoms with Crippen LogP contribution in [0.4, 0.5) is 14.5 Å². The predicted molar refractivity (Wildman–Crippen MR) is 87.6 cm³/mol.